The fraction of sp³-hybridized carbons (Fsp3) is 0.533. The lowest BCUT2D eigenvalue weighted by molar-refractivity contribution is 0.0771. The maximum absolute atomic E-state index is 12.7. The highest BCUT2D eigenvalue weighted by atomic mass is 28.3. The van der Waals surface area contributed by atoms with Crippen LogP contribution in [-0.2, 0) is 6.61 Å². The Bertz CT molecular complexity index is 448. The van der Waals surface area contributed by atoms with Gasteiger partial charge in [0.15, 0.2) is 0 Å². The summed E-state index contributed by atoms with van der Waals surface area (Å²) < 4.78 is 0. The molecule has 1 rings (SSSR count). The molecule has 0 heterocycles. The van der Waals surface area contributed by atoms with E-state index in [0.717, 1.165) is 16.3 Å². The van der Waals surface area contributed by atoms with Crippen molar-refractivity contribution >= 4 is 19.2 Å². The number of amides is 1. The molecule has 0 bridgehead atoms. The number of hydrogen-bond acceptors (Lipinski definition) is 2. The minimum Gasteiger partial charge on any atom is -0.392 e. The maximum atomic E-state index is 12.7. The van der Waals surface area contributed by atoms with Crippen molar-refractivity contribution in [3.8, 4) is 0 Å². The fourth-order valence-corrected chi connectivity index (χ4v) is 3.89. The van der Waals surface area contributed by atoms with Crippen LogP contribution >= 0.6 is 0 Å². The summed E-state index contributed by atoms with van der Waals surface area (Å²) in [6.45, 7) is 11.9. The Morgan fingerprint density at radius 1 is 1.21 bits per heavy atom. The van der Waals surface area contributed by atoms with Gasteiger partial charge in [0.1, 0.15) is 0 Å². The number of hydrogen-bond donors (Lipinski definition) is 1. The average molecular weight is 279 g/mol. The number of benzene rings is 1. The molecule has 1 aromatic rings. The van der Waals surface area contributed by atoms with E-state index in [1.807, 2.05) is 36.9 Å². The van der Waals surface area contributed by atoms with Crippen LogP contribution in [0.2, 0.25) is 19.6 Å². The minimum absolute atomic E-state index is 0.0482. The first-order valence-electron chi connectivity index (χ1n) is 6.89. The summed E-state index contributed by atoms with van der Waals surface area (Å²) >= 11 is 0. The van der Waals surface area contributed by atoms with Gasteiger partial charge in [0.25, 0.3) is 5.91 Å². The van der Waals surface area contributed by atoms with Gasteiger partial charge < -0.3 is 10.0 Å². The first-order valence-corrected chi connectivity index (χ1v) is 10.4. The van der Waals surface area contributed by atoms with E-state index in [9.17, 15) is 9.90 Å². The van der Waals surface area contributed by atoms with E-state index >= 15 is 0 Å². The number of carbonyl (C=O) groups excluding carboxylic acids is 1. The van der Waals surface area contributed by atoms with E-state index in [1.54, 1.807) is 0 Å². The first kappa shape index (κ1) is 15.9. The van der Waals surface area contributed by atoms with E-state index < -0.39 is 8.07 Å². The van der Waals surface area contributed by atoms with E-state index in [-0.39, 0.29) is 12.5 Å². The molecule has 19 heavy (non-hydrogen) atoms. The van der Waals surface area contributed by atoms with Gasteiger partial charge in [-0.05, 0) is 24.6 Å². The summed E-state index contributed by atoms with van der Waals surface area (Å²) in [5, 5.41) is 10.7. The molecule has 3 nitrogen and oxygen atoms in total. The number of aliphatic hydroxyl groups is 1. The van der Waals surface area contributed by atoms with Crippen LogP contribution in [0.3, 0.4) is 0 Å². The molecule has 1 aromatic carbocycles. The van der Waals surface area contributed by atoms with Crippen LogP contribution in [0.1, 0.15) is 29.8 Å². The third-order valence-corrected chi connectivity index (χ3v) is 5.43. The van der Waals surface area contributed by atoms with Gasteiger partial charge in [-0.2, -0.15) is 0 Å². The van der Waals surface area contributed by atoms with Crippen LogP contribution in [0.4, 0.5) is 0 Å². The molecule has 0 aliphatic carbocycles. The Morgan fingerprint density at radius 2 is 1.79 bits per heavy atom. The van der Waals surface area contributed by atoms with Crippen molar-refractivity contribution < 1.29 is 9.90 Å². The molecule has 4 heteroatoms. The van der Waals surface area contributed by atoms with Gasteiger partial charge in [0.2, 0.25) is 0 Å². The highest BCUT2D eigenvalue weighted by Crippen LogP contribution is 2.15. The highest BCUT2D eigenvalue weighted by molar-refractivity contribution is 6.89. The molecule has 0 aliphatic rings. The average Bonchev–Trinajstić information content (AvgIpc) is 2.38. The van der Waals surface area contributed by atoms with Gasteiger partial charge in [-0.1, -0.05) is 37.8 Å². The van der Waals surface area contributed by atoms with Gasteiger partial charge in [-0.3, -0.25) is 4.79 Å². The number of nitrogens with zero attached hydrogens (tertiary/aromatic N) is 1. The van der Waals surface area contributed by atoms with E-state index in [4.69, 9.17) is 0 Å². The Morgan fingerprint density at radius 3 is 2.21 bits per heavy atom. The van der Waals surface area contributed by atoms with E-state index in [0.29, 0.717) is 13.1 Å². The molecule has 0 unspecified atom stereocenters. The summed E-state index contributed by atoms with van der Waals surface area (Å²) in [4.78, 5) is 14.5. The standard InChI is InChI=1S/C15H25NO2Si/c1-6-16(7-2)15(18)14-12(11-17)9-8-10-13(14)19(3,4)5/h8-10,17H,6-7,11H2,1-5H3. The van der Waals surface area contributed by atoms with Crippen LogP contribution in [0, 0.1) is 0 Å². The molecule has 1 N–H and O–H groups in total. The van der Waals surface area contributed by atoms with Crippen molar-refractivity contribution in [2.75, 3.05) is 13.1 Å². The van der Waals surface area contributed by atoms with Gasteiger partial charge >= 0.3 is 0 Å². The predicted octanol–water partition coefficient (Wildman–Crippen LogP) is 2.21. The summed E-state index contributed by atoms with van der Waals surface area (Å²) in [6, 6.07) is 5.83. The second kappa shape index (κ2) is 6.35. The Labute approximate surface area is 117 Å². The van der Waals surface area contributed by atoms with Gasteiger partial charge in [-0.15, -0.1) is 0 Å². The quantitative estimate of drug-likeness (QED) is 0.840. The summed E-state index contributed by atoms with van der Waals surface area (Å²) in [5.74, 6) is 0.0482. The molecule has 0 aliphatic heterocycles. The molecule has 0 saturated carbocycles. The Balaban J connectivity index is 3.42. The van der Waals surface area contributed by atoms with Crippen LogP contribution in [-0.4, -0.2) is 37.1 Å². The molecule has 0 aromatic heterocycles. The van der Waals surface area contributed by atoms with Gasteiger partial charge in [0, 0.05) is 18.7 Å². The summed E-state index contributed by atoms with van der Waals surface area (Å²) in [7, 11) is -1.62. The van der Waals surface area contributed by atoms with Crippen LogP contribution in [0.5, 0.6) is 0 Å². The lowest BCUT2D eigenvalue weighted by atomic mass is 10.1. The minimum atomic E-state index is -1.62. The van der Waals surface area contributed by atoms with Crippen LogP contribution in [0.25, 0.3) is 0 Å². The van der Waals surface area contributed by atoms with Crippen molar-refractivity contribution in [3.05, 3.63) is 29.3 Å². The fourth-order valence-electron chi connectivity index (χ4n) is 2.28. The SMILES string of the molecule is CCN(CC)C(=O)c1c(CO)cccc1[Si](C)(C)C. The summed E-state index contributed by atoms with van der Waals surface area (Å²) in [5.41, 5.74) is 1.48. The third-order valence-electron chi connectivity index (χ3n) is 3.39. The van der Waals surface area contributed by atoms with Crippen LogP contribution in [0.15, 0.2) is 18.2 Å². The third kappa shape index (κ3) is 3.45. The molecule has 106 valence electrons. The molecule has 0 atom stereocenters. The second-order valence-electron chi connectivity index (χ2n) is 5.73. The number of carbonyl (C=O) groups is 1. The van der Waals surface area contributed by atoms with Crippen LogP contribution < -0.4 is 5.19 Å². The molecule has 1 amide bonds. The molecule has 0 fully saturated rings. The number of aliphatic hydroxyl groups excluding tert-OH is 1. The second-order valence-corrected chi connectivity index (χ2v) is 10.8. The molecule has 0 saturated heterocycles. The Kier molecular flexibility index (Phi) is 5.32. The van der Waals surface area contributed by atoms with Crippen molar-refractivity contribution in [3.63, 3.8) is 0 Å². The zero-order chi connectivity index (χ0) is 14.6. The lowest BCUT2D eigenvalue weighted by Crippen LogP contribution is -2.45. The van der Waals surface area contributed by atoms with Gasteiger partial charge in [-0.25, -0.2) is 0 Å². The molecular weight excluding hydrogens is 254 g/mol. The van der Waals surface area contributed by atoms with Crippen molar-refractivity contribution in [1.29, 1.82) is 0 Å². The topological polar surface area (TPSA) is 40.5 Å². The summed E-state index contributed by atoms with van der Waals surface area (Å²) in [6.07, 6.45) is 0. The normalized spacial score (nSPS) is 11.5. The Hall–Kier alpha value is -1.13. The predicted molar refractivity (Wildman–Crippen MR) is 82.6 cm³/mol. The van der Waals surface area contributed by atoms with Gasteiger partial charge in [0.05, 0.1) is 14.7 Å². The van der Waals surface area contributed by atoms with E-state index in [2.05, 4.69) is 19.6 Å². The zero-order valence-electron chi connectivity index (χ0n) is 12.7. The molecule has 0 spiro atoms. The lowest BCUT2D eigenvalue weighted by Gasteiger charge is -2.26. The maximum Gasteiger partial charge on any atom is 0.254 e. The monoisotopic (exact) mass is 279 g/mol. The van der Waals surface area contributed by atoms with E-state index in [1.165, 1.54) is 0 Å². The van der Waals surface area contributed by atoms with Crippen molar-refractivity contribution in [2.24, 2.45) is 0 Å². The zero-order valence-corrected chi connectivity index (χ0v) is 13.7. The number of rotatable bonds is 5. The van der Waals surface area contributed by atoms with Crippen molar-refractivity contribution in [2.45, 2.75) is 40.1 Å². The van der Waals surface area contributed by atoms with Crippen molar-refractivity contribution in [1.82, 2.24) is 4.90 Å². The first-order chi connectivity index (χ1) is 8.86. The molecular formula is C15H25NO2Si. The highest BCUT2D eigenvalue weighted by Gasteiger charge is 2.27. The molecule has 0 radical (unpaired) electrons. The smallest absolute Gasteiger partial charge is 0.254 e. The largest absolute Gasteiger partial charge is 0.392 e.